The third-order valence-electron chi connectivity index (χ3n) is 2.81. The molecule has 0 spiro atoms. The second-order valence-corrected chi connectivity index (χ2v) is 4.07. The van der Waals surface area contributed by atoms with Crippen LogP contribution in [0.3, 0.4) is 0 Å². The minimum Gasteiger partial charge on any atom is -0.475 e. The summed E-state index contributed by atoms with van der Waals surface area (Å²) < 4.78 is 10.3. The number of aromatic carboxylic acids is 1. The first-order chi connectivity index (χ1) is 8.16. The van der Waals surface area contributed by atoms with Gasteiger partial charge in [-0.25, -0.2) is 4.79 Å². The SMILES string of the molecule is O=C(O)c1ccc(C(=O)CCC2CCCO2)o1. The van der Waals surface area contributed by atoms with E-state index in [2.05, 4.69) is 0 Å². The fraction of sp³-hybridized carbons (Fsp3) is 0.500. The molecule has 1 aromatic rings. The lowest BCUT2D eigenvalue weighted by Crippen LogP contribution is -2.08. The predicted octanol–water partition coefficient (Wildman–Crippen LogP) is 2.12. The zero-order valence-electron chi connectivity index (χ0n) is 9.35. The van der Waals surface area contributed by atoms with Crippen LogP contribution in [0.25, 0.3) is 0 Å². The first kappa shape index (κ1) is 11.9. The highest BCUT2D eigenvalue weighted by molar-refractivity contribution is 5.95. The van der Waals surface area contributed by atoms with Crippen molar-refractivity contribution in [2.24, 2.45) is 0 Å². The van der Waals surface area contributed by atoms with Crippen LogP contribution in [0.5, 0.6) is 0 Å². The maximum absolute atomic E-state index is 11.7. The Morgan fingerprint density at radius 1 is 1.35 bits per heavy atom. The maximum Gasteiger partial charge on any atom is 0.371 e. The van der Waals surface area contributed by atoms with E-state index in [0.717, 1.165) is 19.4 Å². The molecule has 17 heavy (non-hydrogen) atoms. The van der Waals surface area contributed by atoms with E-state index in [1.807, 2.05) is 0 Å². The van der Waals surface area contributed by atoms with Gasteiger partial charge in [0.2, 0.25) is 5.76 Å². The van der Waals surface area contributed by atoms with Crippen LogP contribution in [0.15, 0.2) is 16.5 Å². The molecule has 5 heteroatoms. The average molecular weight is 238 g/mol. The Morgan fingerprint density at radius 3 is 2.71 bits per heavy atom. The number of Topliss-reactive ketones (excluding diaryl/α,β-unsaturated/α-hetero) is 1. The largest absolute Gasteiger partial charge is 0.475 e. The number of ketones is 1. The Kier molecular flexibility index (Phi) is 3.58. The second kappa shape index (κ2) is 5.14. The van der Waals surface area contributed by atoms with Gasteiger partial charge in [0.05, 0.1) is 6.10 Å². The number of hydrogen-bond acceptors (Lipinski definition) is 4. The molecule has 0 amide bonds. The molecule has 1 aromatic heterocycles. The van der Waals surface area contributed by atoms with Crippen LogP contribution in [-0.2, 0) is 4.74 Å². The third kappa shape index (κ3) is 2.94. The topological polar surface area (TPSA) is 76.7 Å². The molecule has 0 aliphatic carbocycles. The summed E-state index contributed by atoms with van der Waals surface area (Å²) in [6.45, 7) is 0.767. The number of ether oxygens (including phenoxy) is 1. The molecular formula is C12H14O5. The Morgan fingerprint density at radius 2 is 2.12 bits per heavy atom. The van der Waals surface area contributed by atoms with Crippen molar-refractivity contribution in [3.8, 4) is 0 Å². The Bertz CT molecular complexity index is 414. The number of furan rings is 1. The third-order valence-corrected chi connectivity index (χ3v) is 2.81. The van der Waals surface area contributed by atoms with Crippen LogP contribution in [-0.4, -0.2) is 29.6 Å². The predicted molar refractivity (Wildman–Crippen MR) is 58.2 cm³/mol. The Balaban J connectivity index is 1.87. The number of carboxylic acids is 1. The highest BCUT2D eigenvalue weighted by Gasteiger charge is 2.19. The van der Waals surface area contributed by atoms with Crippen molar-refractivity contribution in [3.63, 3.8) is 0 Å². The molecule has 1 unspecified atom stereocenters. The normalized spacial score (nSPS) is 19.4. The van der Waals surface area contributed by atoms with Crippen LogP contribution in [0.4, 0.5) is 0 Å². The molecule has 0 bridgehead atoms. The van der Waals surface area contributed by atoms with Crippen LogP contribution in [0, 0.1) is 0 Å². The summed E-state index contributed by atoms with van der Waals surface area (Å²) in [5, 5.41) is 8.66. The molecule has 0 radical (unpaired) electrons. The van der Waals surface area contributed by atoms with Gasteiger partial charge >= 0.3 is 5.97 Å². The van der Waals surface area contributed by atoms with E-state index in [1.165, 1.54) is 12.1 Å². The van der Waals surface area contributed by atoms with E-state index in [9.17, 15) is 9.59 Å². The summed E-state index contributed by atoms with van der Waals surface area (Å²) in [5.74, 6) is -1.43. The number of carboxylic acid groups (broad SMARTS) is 1. The van der Waals surface area contributed by atoms with E-state index in [1.54, 1.807) is 0 Å². The average Bonchev–Trinajstić information content (AvgIpc) is 2.96. The fourth-order valence-corrected chi connectivity index (χ4v) is 1.89. The molecule has 5 nitrogen and oxygen atoms in total. The molecule has 0 aromatic carbocycles. The van der Waals surface area contributed by atoms with Crippen molar-refractivity contribution in [1.82, 2.24) is 0 Å². The molecular weight excluding hydrogens is 224 g/mol. The Labute approximate surface area is 98.4 Å². The molecule has 0 saturated carbocycles. The van der Waals surface area contributed by atoms with Gasteiger partial charge < -0.3 is 14.3 Å². The van der Waals surface area contributed by atoms with E-state index in [0.29, 0.717) is 12.8 Å². The molecule has 92 valence electrons. The van der Waals surface area contributed by atoms with Gasteiger partial charge in [-0.2, -0.15) is 0 Å². The summed E-state index contributed by atoms with van der Waals surface area (Å²) in [6, 6.07) is 2.70. The van der Waals surface area contributed by atoms with Crippen molar-refractivity contribution < 1.29 is 23.8 Å². The van der Waals surface area contributed by atoms with Gasteiger partial charge in [-0.1, -0.05) is 0 Å². The standard InChI is InChI=1S/C12H14O5/c13-9(4-3-8-2-1-7-16-8)10-5-6-11(17-10)12(14)15/h5-6,8H,1-4,7H2,(H,14,15). The summed E-state index contributed by atoms with van der Waals surface area (Å²) in [4.78, 5) is 22.3. The molecule has 2 heterocycles. The van der Waals surface area contributed by atoms with Gasteiger partial charge in [-0.15, -0.1) is 0 Å². The van der Waals surface area contributed by atoms with Crippen LogP contribution >= 0.6 is 0 Å². The number of carbonyl (C=O) groups excluding carboxylic acids is 1. The smallest absolute Gasteiger partial charge is 0.371 e. The molecule has 1 aliphatic heterocycles. The van der Waals surface area contributed by atoms with Gasteiger partial charge in [0, 0.05) is 13.0 Å². The number of carbonyl (C=O) groups is 2. The van der Waals surface area contributed by atoms with Crippen molar-refractivity contribution in [3.05, 3.63) is 23.7 Å². The molecule has 1 N–H and O–H groups in total. The summed E-state index contributed by atoms with van der Waals surface area (Å²) in [6.07, 6.45) is 3.20. The van der Waals surface area contributed by atoms with E-state index >= 15 is 0 Å². The lowest BCUT2D eigenvalue weighted by atomic mass is 10.1. The fourth-order valence-electron chi connectivity index (χ4n) is 1.89. The zero-order chi connectivity index (χ0) is 12.3. The van der Waals surface area contributed by atoms with Crippen LogP contribution in [0.2, 0.25) is 0 Å². The second-order valence-electron chi connectivity index (χ2n) is 4.07. The lowest BCUT2D eigenvalue weighted by molar-refractivity contribution is 0.0658. The van der Waals surface area contributed by atoms with Gasteiger partial charge in [-0.05, 0) is 31.4 Å². The van der Waals surface area contributed by atoms with Crippen molar-refractivity contribution in [2.75, 3.05) is 6.61 Å². The van der Waals surface area contributed by atoms with E-state index in [-0.39, 0.29) is 23.4 Å². The van der Waals surface area contributed by atoms with Gasteiger partial charge in [0.1, 0.15) is 0 Å². The van der Waals surface area contributed by atoms with Crippen molar-refractivity contribution in [2.45, 2.75) is 31.8 Å². The molecule has 1 aliphatic rings. The minimum atomic E-state index is -1.16. The summed E-state index contributed by atoms with van der Waals surface area (Å²) >= 11 is 0. The molecule has 2 rings (SSSR count). The number of hydrogen-bond donors (Lipinski definition) is 1. The van der Waals surface area contributed by atoms with Gasteiger partial charge in [0.25, 0.3) is 0 Å². The number of rotatable bonds is 5. The zero-order valence-corrected chi connectivity index (χ0v) is 9.35. The van der Waals surface area contributed by atoms with Crippen LogP contribution < -0.4 is 0 Å². The first-order valence-electron chi connectivity index (χ1n) is 5.65. The summed E-state index contributed by atoms with van der Waals surface area (Å²) in [7, 11) is 0. The maximum atomic E-state index is 11.7. The van der Waals surface area contributed by atoms with E-state index in [4.69, 9.17) is 14.3 Å². The quantitative estimate of drug-likeness (QED) is 0.795. The lowest BCUT2D eigenvalue weighted by Gasteiger charge is -2.06. The van der Waals surface area contributed by atoms with Crippen molar-refractivity contribution in [1.29, 1.82) is 0 Å². The van der Waals surface area contributed by atoms with Crippen molar-refractivity contribution >= 4 is 11.8 Å². The van der Waals surface area contributed by atoms with Gasteiger partial charge in [-0.3, -0.25) is 4.79 Å². The monoisotopic (exact) mass is 238 g/mol. The molecule has 1 saturated heterocycles. The molecule has 1 fully saturated rings. The van der Waals surface area contributed by atoms with Gasteiger partial charge in [0.15, 0.2) is 11.5 Å². The highest BCUT2D eigenvalue weighted by atomic mass is 16.5. The van der Waals surface area contributed by atoms with Crippen LogP contribution in [0.1, 0.15) is 46.8 Å². The first-order valence-corrected chi connectivity index (χ1v) is 5.65. The Hall–Kier alpha value is -1.62. The molecule has 1 atom stereocenters. The summed E-state index contributed by atoms with van der Waals surface area (Å²) in [5.41, 5.74) is 0. The van der Waals surface area contributed by atoms with E-state index < -0.39 is 5.97 Å². The highest BCUT2D eigenvalue weighted by Crippen LogP contribution is 2.19. The minimum absolute atomic E-state index is 0.111.